The highest BCUT2D eigenvalue weighted by atomic mass is 16.7. The Morgan fingerprint density at radius 1 is 1.20 bits per heavy atom. The van der Waals surface area contributed by atoms with Crippen LogP contribution >= 0.6 is 0 Å². The Kier molecular flexibility index (Phi) is 3.40. The van der Waals surface area contributed by atoms with Gasteiger partial charge in [-0.05, 0) is 36.5 Å². The Morgan fingerprint density at radius 3 is 2.40 bits per heavy atom. The molecule has 5 heteroatoms. The molecule has 0 aromatic heterocycles. The molecule has 1 saturated carbocycles. The second-order valence-electron chi connectivity index (χ2n) is 5.59. The fraction of sp³-hybridized carbons (Fsp3) is 0.533. The molecule has 4 N–H and O–H groups in total. The molecule has 1 spiro atoms. The molecule has 1 aliphatic heterocycles. The third-order valence-corrected chi connectivity index (χ3v) is 4.37. The first-order valence-electron chi connectivity index (χ1n) is 7.07. The monoisotopic (exact) mass is 276 g/mol. The summed E-state index contributed by atoms with van der Waals surface area (Å²) < 4.78 is 11.5. The average molecular weight is 276 g/mol. The summed E-state index contributed by atoms with van der Waals surface area (Å²) in [7, 11) is 0. The van der Waals surface area contributed by atoms with Crippen molar-refractivity contribution in [3.8, 4) is 0 Å². The summed E-state index contributed by atoms with van der Waals surface area (Å²) in [5, 5.41) is 0. The van der Waals surface area contributed by atoms with E-state index in [-0.39, 0.29) is 5.79 Å². The molecule has 1 aliphatic carbocycles. The van der Waals surface area contributed by atoms with E-state index in [2.05, 4.69) is 0 Å². The third kappa shape index (κ3) is 2.39. The molecule has 1 aromatic carbocycles. The predicted octanol–water partition coefficient (Wildman–Crippen LogP) is 1.77. The molecule has 1 amide bonds. The first-order chi connectivity index (χ1) is 9.60. The van der Waals surface area contributed by atoms with Crippen LogP contribution in [0.25, 0.3) is 0 Å². The predicted molar refractivity (Wildman–Crippen MR) is 75.2 cm³/mol. The van der Waals surface area contributed by atoms with Crippen molar-refractivity contribution in [1.82, 2.24) is 0 Å². The van der Waals surface area contributed by atoms with Gasteiger partial charge in [-0.3, -0.25) is 4.79 Å². The molecule has 20 heavy (non-hydrogen) atoms. The highest BCUT2D eigenvalue weighted by Gasteiger charge is 2.40. The lowest BCUT2D eigenvalue weighted by molar-refractivity contribution is -0.178. The number of hydrogen-bond acceptors (Lipinski definition) is 4. The fourth-order valence-corrected chi connectivity index (χ4v) is 3.24. The van der Waals surface area contributed by atoms with E-state index in [0.29, 0.717) is 30.4 Å². The van der Waals surface area contributed by atoms with Crippen LogP contribution < -0.4 is 11.5 Å². The second-order valence-corrected chi connectivity index (χ2v) is 5.59. The van der Waals surface area contributed by atoms with Crippen molar-refractivity contribution in [2.24, 2.45) is 5.73 Å². The van der Waals surface area contributed by atoms with Crippen molar-refractivity contribution in [2.75, 3.05) is 18.9 Å². The van der Waals surface area contributed by atoms with Gasteiger partial charge in [0.05, 0.1) is 18.8 Å². The molecule has 5 nitrogen and oxygen atoms in total. The SMILES string of the molecule is NC(=O)c1ccc(C2CCC3(CC2)OCCO3)cc1N. The van der Waals surface area contributed by atoms with E-state index in [1.54, 1.807) is 6.07 Å². The zero-order valence-electron chi connectivity index (χ0n) is 11.4. The smallest absolute Gasteiger partial charge is 0.250 e. The van der Waals surface area contributed by atoms with E-state index in [1.807, 2.05) is 12.1 Å². The van der Waals surface area contributed by atoms with Gasteiger partial charge in [0.2, 0.25) is 0 Å². The number of carbonyl (C=O) groups is 1. The summed E-state index contributed by atoms with van der Waals surface area (Å²) in [6, 6.07) is 5.55. The molecule has 0 atom stereocenters. The molecule has 2 fully saturated rings. The van der Waals surface area contributed by atoms with Crippen molar-refractivity contribution in [3.63, 3.8) is 0 Å². The zero-order valence-corrected chi connectivity index (χ0v) is 11.4. The number of amides is 1. The molecular formula is C15H20N2O3. The van der Waals surface area contributed by atoms with Crippen molar-refractivity contribution in [1.29, 1.82) is 0 Å². The number of carbonyl (C=O) groups excluding carboxylic acids is 1. The van der Waals surface area contributed by atoms with E-state index >= 15 is 0 Å². The second kappa shape index (κ2) is 5.07. The van der Waals surface area contributed by atoms with E-state index in [9.17, 15) is 4.79 Å². The highest BCUT2D eigenvalue weighted by Crippen LogP contribution is 2.42. The van der Waals surface area contributed by atoms with Crippen LogP contribution in [-0.2, 0) is 9.47 Å². The topological polar surface area (TPSA) is 87.6 Å². The van der Waals surface area contributed by atoms with Crippen LogP contribution in [0.1, 0.15) is 47.5 Å². The number of benzene rings is 1. The van der Waals surface area contributed by atoms with Crippen molar-refractivity contribution < 1.29 is 14.3 Å². The van der Waals surface area contributed by atoms with Crippen LogP contribution in [-0.4, -0.2) is 24.9 Å². The van der Waals surface area contributed by atoms with Gasteiger partial charge in [0, 0.05) is 18.5 Å². The minimum absolute atomic E-state index is 0.338. The molecule has 1 heterocycles. The number of nitrogen functional groups attached to an aromatic ring is 1. The number of rotatable bonds is 2. The lowest BCUT2D eigenvalue weighted by Crippen LogP contribution is -2.34. The Morgan fingerprint density at radius 2 is 1.85 bits per heavy atom. The summed E-state index contributed by atoms with van der Waals surface area (Å²) in [5.74, 6) is -0.378. The highest BCUT2D eigenvalue weighted by molar-refractivity contribution is 5.98. The fourth-order valence-electron chi connectivity index (χ4n) is 3.24. The summed E-state index contributed by atoms with van der Waals surface area (Å²) in [6.07, 6.45) is 3.84. The third-order valence-electron chi connectivity index (χ3n) is 4.37. The summed E-state index contributed by atoms with van der Waals surface area (Å²) in [5.41, 5.74) is 13.2. The maximum Gasteiger partial charge on any atom is 0.250 e. The summed E-state index contributed by atoms with van der Waals surface area (Å²) in [6.45, 7) is 1.40. The Labute approximate surface area is 118 Å². The molecule has 0 unspecified atom stereocenters. The van der Waals surface area contributed by atoms with Crippen LogP contribution in [0.2, 0.25) is 0 Å². The molecule has 2 aliphatic rings. The standard InChI is InChI=1S/C15H20N2O3/c16-13-9-11(1-2-12(13)14(17)18)10-3-5-15(6-4-10)19-7-8-20-15/h1-2,9-10H,3-8,16H2,(H2,17,18). The molecule has 108 valence electrons. The van der Waals surface area contributed by atoms with Crippen LogP contribution in [0.3, 0.4) is 0 Å². The average Bonchev–Trinajstić information content (AvgIpc) is 2.87. The first kappa shape index (κ1) is 13.4. The Bertz CT molecular complexity index is 514. The Hall–Kier alpha value is -1.59. The van der Waals surface area contributed by atoms with Crippen molar-refractivity contribution in [2.45, 2.75) is 37.4 Å². The van der Waals surface area contributed by atoms with Crippen LogP contribution in [0.4, 0.5) is 5.69 Å². The number of hydrogen-bond donors (Lipinski definition) is 2. The van der Waals surface area contributed by atoms with Crippen LogP contribution in [0, 0.1) is 0 Å². The lowest BCUT2D eigenvalue weighted by atomic mass is 9.80. The molecule has 1 aromatic rings. The van der Waals surface area contributed by atoms with Crippen LogP contribution in [0.5, 0.6) is 0 Å². The van der Waals surface area contributed by atoms with Gasteiger partial charge < -0.3 is 20.9 Å². The normalized spacial score (nSPS) is 22.2. The van der Waals surface area contributed by atoms with Crippen LogP contribution in [0.15, 0.2) is 18.2 Å². The number of primary amides is 1. The van der Waals surface area contributed by atoms with Crippen molar-refractivity contribution in [3.05, 3.63) is 29.3 Å². The van der Waals surface area contributed by atoms with E-state index in [1.165, 1.54) is 5.56 Å². The first-order valence-corrected chi connectivity index (χ1v) is 7.07. The van der Waals surface area contributed by atoms with Gasteiger partial charge in [-0.15, -0.1) is 0 Å². The minimum atomic E-state index is -0.482. The summed E-state index contributed by atoms with van der Waals surface area (Å²) >= 11 is 0. The molecule has 0 bridgehead atoms. The van der Waals surface area contributed by atoms with E-state index in [4.69, 9.17) is 20.9 Å². The van der Waals surface area contributed by atoms with E-state index < -0.39 is 5.91 Å². The number of nitrogens with two attached hydrogens (primary N) is 2. The zero-order chi connectivity index (χ0) is 14.2. The number of anilines is 1. The van der Waals surface area contributed by atoms with Gasteiger partial charge in [-0.2, -0.15) is 0 Å². The van der Waals surface area contributed by atoms with Gasteiger partial charge in [-0.1, -0.05) is 6.07 Å². The minimum Gasteiger partial charge on any atom is -0.398 e. The van der Waals surface area contributed by atoms with E-state index in [0.717, 1.165) is 25.7 Å². The maximum atomic E-state index is 11.2. The quantitative estimate of drug-likeness (QED) is 0.806. The molecular weight excluding hydrogens is 256 g/mol. The summed E-state index contributed by atoms with van der Waals surface area (Å²) in [4.78, 5) is 11.2. The molecule has 1 saturated heterocycles. The van der Waals surface area contributed by atoms with Crippen molar-refractivity contribution >= 4 is 11.6 Å². The van der Waals surface area contributed by atoms with Gasteiger partial charge in [0.25, 0.3) is 5.91 Å². The number of ether oxygens (including phenoxy) is 2. The Balaban J connectivity index is 1.72. The molecule has 3 rings (SSSR count). The molecule has 0 radical (unpaired) electrons. The lowest BCUT2D eigenvalue weighted by Gasteiger charge is -2.35. The maximum absolute atomic E-state index is 11.2. The van der Waals surface area contributed by atoms with Gasteiger partial charge in [0.1, 0.15) is 0 Å². The van der Waals surface area contributed by atoms with Gasteiger partial charge >= 0.3 is 0 Å². The van der Waals surface area contributed by atoms with Gasteiger partial charge in [-0.25, -0.2) is 0 Å². The van der Waals surface area contributed by atoms with Gasteiger partial charge in [0.15, 0.2) is 5.79 Å². The largest absolute Gasteiger partial charge is 0.398 e.